The van der Waals surface area contributed by atoms with Crippen LogP contribution in [0.25, 0.3) is 11.1 Å². The van der Waals surface area contributed by atoms with Crippen molar-refractivity contribution in [3.8, 4) is 28.4 Å². The van der Waals surface area contributed by atoms with Gasteiger partial charge in [-0.1, -0.05) is 18.6 Å². The minimum atomic E-state index is -0.371. The molecule has 0 radical (unpaired) electrons. The Kier molecular flexibility index (Phi) is 10.3. The lowest BCUT2D eigenvalue weighted by atomic mass is 9.83. The van der Waals surface area contributed by atoms with E-state index in [0.717, 1.165) is 48.1 Å². The number of aryl methyl sites for hydroxylation is 1. The molecule has 0 saturated carbocycles. The number of amides is 2. The number of pyridine rings is 1. The second kappa shape index (κ2) is 14.8. The van der Waals surface area contributed by atoms with Crippen LogP contribution >= 0.6 is 0 Å². The Balaban J connectivity index is 1.11. The minimum Gasteiger partial charge on any atom is -0.493 e. The van der Waals surface area contributed by atoms with Crippen molar-refractivity contribution in [2.45, 2.75) is 70.4 Å². The van der Waals surface area contributed by atoms with E-state index in [1.807, 2.05) is 33.7 Å². The summed E-state index contributed by atoms with van der Waals surface area (Å²) in [5.74, 6) is 2.05. The topological polar surface area (TPSA) is 128 Å². The van der Waals surface area contributed by atoms with Crippen molar-refractivity contribution in [2.24, 2.45) is 5.92 Å². The number of fused-ring (bicyclic) bond motifs is 7. The predicted molar refractivity (Wildman–Crippen MR) is 188 cm³/mol. The Morgan fingerprint density at radius 2 is 1.73 bits per heavy atom. The zero-order chi connectivity index (χ0) is 34.7. The lowest BCUT2D eigenvalue weighted by Gasteiger charge is -2.42. The Hall–Kier alpha value is -4.80. The summed E-state index contributed by atoms with van der Waals surface area (Å²) in [5, 5.41) is 6.35. The van der Waals surface area contributed by atoms with Gasteiger partial charge in [0.05, 0.1) is 33.1 Å². The predicted octanol–water partition coefficient (Wildman–Crippen LogP) is 4.64. The number of rotatable bonds is 11. The van der Waals surface area contributed by atoms with Crippen LogP contribution in [0.1, 0.15) is 74.2 Å². The molecular weight excluding hydrogens is 624 g/mol. The van der Waals surface area contributed by atoms with Gasteiger partial charge in [0.2, 0.25) is 23.0 Å². The number of carbonyl (C=O) groups is 2. The summed E-state index contributed by atoms with van der Waals surface area (Å²) in [7, 11) is 4.72. The molecule has 260 valence electrons. The van der Waals surface area contributed by atoms with Crippen LogP contribution < -0.4 is 35.8 Å². The third kappa shape index (κ3) is 7.02. The van der Waals surface area contributed by atoms with Gasteiger partial charge < -0.3 is 34.3 Å². The van der Waals surface area contributed by atoms with Crippen molar-refractivity contribution in [1.29, 1.82) is 0 Å². The number of piperidine rings is 1. The molecular formula is C38H46N4O7. The van der Waals surface area contributed by atoms with Gasteiger partial charge in [-0.2, -0.15) is 0 Å². The molecule has 49 heavy (non-hydrogen) atoms. The lowest BCUT2D eigenvalue weighted by molar-refractivity contribution is -0.134. The molecule has 2 aliphatic heterocycles. The van der Waals surface area contributed by atoms with E-state index in [2.05, 4.69) is 10.6 Å². The number of nitrogens with one attached hydrogen (secondary N) is 2. The van der Waals surface area contributed by atoms with Gasteiger partial charge in [-0.05, 0) is 79.0 Å². The lowest BCUT2D eigenvalue weighted by Crippen LogP contribution is -2.49. The number of nitrogens with zero attached hydrogens (tertiary/aromatic N) is 2. The fourth-order valence-corrected chi connectivity index (χ4v) is 7.91. The third-order valence-corrected chi connectivity index (χ3v) is 10.1. The molecule has 2 N–H and O–H groups in total. The Labute approximate surface area is 286 Å². The molecule has 2 aromatic carbocycles. The summed E-state index contributed by atoms with van der Waals surface area (Å²) < 4.78 is 19.0. The monoisotopic (exact) mass is 670 g/mol. The van der Waals surface area contributed by atoms with E-state index >= 15 is 0 Å². The van der Waals surface area contributed by atoms with Crippen LogP contribution in [-0.2, 0) is 22.6 Å². The molecule has 3 heterocycles. The molecule has 6 rings (SSSR count). The normalized spacial score (nSPS) is 19.0. The van der Waals surface area contributed by atoms with Crippen molar-refractivity contribution < 1.29 is 23.8 Å². The van der Waals surface area contributed by atoms with Gasteiger partial charge in [0.1, 0.15) is 0 Å². The minimum absolute atomic E-state index is 0.0467. The molecule has 1 aromatic heterocycles. The van der Waals surface area contributed by atoms with Crippen LogP contribution in [0.3, 0.4) is 0 Å². The summed E-state index contributed by atoms with van der Waals surface area (Å²) in [6.07, 6.45) is 5.15. The van der Waals surface area contributed by atoms with Gasteiger partial charge in [-0.25, -0.2) is 0 Å². The zero-order valence-electron chi connectivity index (χ0n) is 28.8. The SMILES string of the molecule is COc1cc2c(c(OC)c1OC)-c1ccc(NCCCCCC(=O)N3CC4CC(C3)c3cccc(=O)n3C4)c(=O)cc1[C@@H](NC(C)=O)CC2. The number of carbonyl (C=O) groups excluding carboxylic acids is 2. The van der Waals surface area contributed by atoms with Gasteiger partial charge in [-0.15, -0.1) is 0 Å². The van der Waals surface area contributed by atoms with Crippen molar-refractivity contribution in [3.05, 3.63) is 79.9 Å². The summed E-state index contributed by atoms with van der Waals surface area (Å²) >= 11 is 0. The Morgan fingerprint density at radius 1 is 0.918 bits per heavy atom. The van der Waals surface area contributed by atoms with Crippen molar-refractivity contribution >= 4 is 17.5 Å². The van der Waals surface area contributed by atoms with E-state index in [1.54, 1.807) is 39.5 Å². The van der Waals surface area contributed by atoms with Crippen LogP contribution in [0.15, 0.2) is 52.1 Å². The summed E-state index contributed by atoms with van der Waals surface area (Å²) in [4.78, 5) is 53.2. The maximum Gasteiger partial charge on any atom is 0.250 e. The number of hydrogen-bond acceptors (Lipinski definition) is 8. The largest absolute Gasteiger partial charge is 0.493 e. The van der Waals surface area contributed by atoms with E-state index in [-0.39, 0.29) is 34.8 Å². The highest BCUT2D eigenvalue weighted by molar-refractivity contribution is 5.84. The smallest absolute Gasteiger partial charge is 0.250 e. The fraction of sp³-hybridized carbons (Fsp3) is 0.474. The number of benzene rings is 1. The number of methoxy groups -OCH3 is 3. The van der Waals surface area contributed by atoms with Gasteiger partial charge in [0.25, 0.3) is 5.56 Å². The average Bonchev–Trinajstić information content (AvgIpc) is 3.33. The molecule has 1 saturated heterocycles. The maximum atomic E-state index is 13.6. The number of ether oxygens (including phenoxy) is 3. The Bertz CT molecular complexity index is 1860. The van der Waals surface area contributed by atoms with Gasteiger partial charge in [0, 0.05) is 62.8 Å². The van der Waals surface area contributed by atoms with Crippen LogP contribution in [0.4, 0.5) is 5.69 Å². The molecule has 1 aliphatic carbocycles. The molecule has 3 aliphatic rings. The van der Waals surface area contributed by atoms with E-state index < -0.39 is 0 Å². The number of likely N-dealkylation sites (tertiary alicyclic amines) is 1. The van der Waals surface area contributed by atoms with Crippen molar-refractivity contribution in [1.82, 2.24) is 14.8 Å². The first-order valence-corrected chi connectivity index (χ1v) is 17.2. The van der Waals surface area contributed by atoms with Crippen LogP contribution in [0.2, 0.25) is 0 Å². The first-order chi connectivity index (χ1) is 23.7. The first kappa shape index (κ1) is 34.1. The highest BCUT2D eigenvalue weighted by atomic mass is 16.5. The van der Waals surface area contributed by atoms with Gasteiger partial charge in [-0.3, -0.25) is 19.2 Å². The second-order valence-electron chi connectivity index (χ2n) is 13.3. The standard InChI is InChI=1S/C38H46N4O7/c1-23(43)40-29-14-12-25-18-33(47-2)37(48-3)38(49-4)36(25)27-13-15-30(32(44)19-28(27)29)39-16-7-5-6-10-34(45)41-20-24-17-26(22-41)31-9-8-11-35(46)42(31)21-24/h8-9,11,13,15,18-19,24,26,29H,5-7,10,12,14,16-17,20-22H2,1-4H3,(H,39,44)(H,40,43)/t24?,26?,29-/m0/s1. The fourth-order valence-electron chi connectivity index (χ4n) is 7.91. The van der Waals surface area contributed by atoms with Crippen LogP contribution in [0.5, 0.6) is 17.2 Å². The summed E-state index contributed by atoms with van der Waals surface area (Å²) in [5.41, 5.74) is 4.66. The quantitative estimate of drug-likeness (QED) is 0.283. The molecule has 3 atom stereocenters. The first-order valence-electron chi connectivity index (χ1n) is 17.2. The highest BCUT2D eigenvalue weighted by Crippen LogP contribution is 2.50. The van der Waals surface area contributed by atoms with E-state index in [0.29, 0.717) is 79.9 Å². The molecule has 3 aromatic rings. The van der Waals surface area contributed by atoms with Crippen LogP contribution in [0, 0.1) is 5.92 Å². The number of unbranched alkanes of at least 4 members (excludes halogenated alkanes) is 2. The average molecular weight is 671 g/mol. The Morgan fingerprint density at radius 3 is 2.49 bits per heavy atom. The number of aromatic nitrogens is 1. The molecule has 1 fully saturated rings. The van der Waals surface area contributed by atoms with E-state index in [4.69, 9.17) is 14.2 Å². The molecule has 2 amide bonds. The van der Waals surface area contributed by atoms with Crippen LogP contribution in [-0.4, -0.2) is 62.2 Å². The molecule has 2 unspecified atom stereocenters. The summed E-state index contributed by atoms with van der Waals surface area (Å²) in [6, 6.07) is 12.3. The van der Waals surface area contributed by atoms with Crippen molar-refractivity contribution in [3.63, 3.8) is 0 Å². The third-order valence-electron chi connectivity index (χ3n) is 10.1. The highest BCUT2D eigenvalue weighted by Gasteiger charge is 2.36. The molecule has 0 spiro atoms. The molecule has 2 bridgehead atoms. The molecule has 11 nitrogen and oxygen atoms in total. The summed E-state index contributed by atoms with van der Waals surface area (Å²) in [6.45, 7) is 4.11. The van der Waals surface area contributed by atoms with Gasteiger partial charge >= 0.3 is 0 Å². The second-order valence-corrected chi connectivity index (χ2v) is 13.3. The van der Waals surface area contributed by atoms with E-state index in [1.165, 1.54) is 6.92 Å². The number of anilines is 1. The van der Waals surface area contributed by atoms with Gasteiger partial charge in [0.15, 0.2) is 11.5 Å². The van der Waals surface area contributed by atoms with Crippen molar-refractivity contribution in [2.75, 3.05) is 46.3 Å². The maximum absolute atomic E-state index is 13.6. The van der Waals surface area contributed by atoms with E-state index in [9.17, 15) is 19.2 Å². The molecule has 11 heteroatoms. The zero-order valence-corrected chi connectivity index (χ0v) is 28.8. The number of hydrogen-bond donors (Lipinski definition) is 2.